The third kappa shape index (κ3) is 6.09. The summed E-state index contributed by atoms with van der Waals surface area (Å²) in [5.41, 5.74) is 21.1. The van der Waals surface area contributed by atoms with E-state index in [4.69, 9.17) is 4.42 Å². The van der Waals surface area contributed by atoms with Crippen molar-refractivity contribution in [3.05, 3.63) is 174 Å². The third-order valence-electron chi connectivity index (χ3n) is 15.6. The van der Waals surface area contributed by atoms with Gasteiger partial charge in [-0.2, -0.15) is 0 Å². The van der Waals surface area contributed by atoms with Crippen molar-refractivity contribution in [1.82, 2.24) is 0 Å². The van der Waals surface area contributed by atoms with Gasteiger partial charge in [0.25, 0.3) is 0 Å². The molecule has 0 saturated heterocycles. The van der Waals surface area contributed by atoms with Gasteiger partial charge in [0.15, 0.2) is 0 Å². The molecule has 1 aliphatic carbocycles. The first-order valence-corrected chi connectivity index (χ1v) is 24.1. The van der Waals surface area contributed by atoms with E-state index in [-0.39, 0.29) is 28.5 Å². The SMILES string of the molecule is CC(C)(C)c1ccc(N2B3c4cc5c(cc4N(c4ccc(C(C)(C)C)cc4-c4ccccc4)c4c3c(cc3ccccc43)-c3cc4c(cc32)C(C)(C)CCC4(C)C)oc2ccccc25)cc1. The van der Waals surface area contributed by atoms with E-state index in [1.54, 1.807) is 0 Å². The van der Waals surface area contributed by atoms with Gasteiger partial charge in [0, 0.05) is 50.4 Å². The average molecular weight is 859 g/mol. The molecule has 0 radical (unpaired) electrons. The molecule has 3 heterocycles. The second-order valence-electron chi connectivity index (χ2n) is 22.8. The minimum absolute atomic E-state index is 0.0244. The lowest BCUT2D eigenvalue weighted by Crippen LogP contribution is -2.61. The summed E-state index contributed by atoms with van der Waals surface area (Å²) in [4.78, 5) is 5.33. The van der Waals surface area contributed by atoms with E-state index >= 15 is 0 Å². The minimum Gasteiger partial charge on any atom is -0.456 e. The van der Waals surface area contributed by atoms with Crippen molar-refractivity contribution >= 4 is 78.9 Å². The number of anilines is 5. The molecule has 3 aliphatic rings. The first-order valence-electron chi connectivity index (χ1n) is 24.1. The molecule has 326 valence electrons. The molecule has 0 N–H and O–H groups in total. The fourth-order valence-electron chi connectivity index (χ4n) is 11.7. The normalized spacial score (nSPS) is 16.1. The van der Waals surface area contributed by atoms with E-state index in [2.05, 4.69) is 231 Å². The van der Waals surface area contributed by atoms with Crippen LogP contribution in [-0.4, -0.2) is 6.85 Å². The average Bonchev–Trinajstić information content (AvgIpc) is 3.66. The zero-order valence-corrected chi connectivity index (χ0v) is 40.2. The highest BCUT2D eigenvalue weighted by atomic mass is 16.3. The van der Waals surface area contributed by atoms with Gasteiger partial charge in [-0.3, -0.25) is 0 Å². The summed E-state index contributed by atoms with van der Waals surface area (Å²) in [6, 6.07) is 57.9. The maximum Gasteiger partial charge on any atom is 0.333 e. The van der Waals surface area contributed by atoms with Gasteiger partial charge in [-0.1, -0.05) is 166 Å². The Morgan fingerprint density at radius 2 is 1.14 bits per heavy atom. The molecule has 0 amide bonds. The molecule has 2 aliphatic heterocycles. The van der Waals surface area contributed by atoms with E-state index in [0.717, 1.165) is 46.2 Å². The number of rotatable bonds is 3. The van der Waals surface area contributed by atoms with Crippen LogP contribution in [0.15, 0.2) is 156 Å². The van der Waals surface area contributed by atoms with Crippen molar-refractivity contribution in [2.24, 2.45) is 0 Å². The van der Waals surface area contributed by atoms with E-state index in [1.165, 1.54) is 83.3 Å². The summed E-state index contributed by atoms with van der Waals surface area (Å²) in [5, 5.41) is 4.76. The molecule has 9 aromatic rings. The molecule has 0 bridgehead atoms. The van der Waals surface area contributed by atoms with Crippen molar-refractivity contribution < 1.29 is 4.42 Å². The maximum atomic E-state index is 6.84. The second kappa shape index (κ2) is 14.0. The van der Waals surface area contributed by atoms with Crippen molar-refractivity contribution in [2.45, 2.75) is 104 Å². The molecule has 0 fully saturated rings. The molecule has 0 spiro atoms. The van der Waals surface area contributed by atoms with Gasteiger partial charge in [-0.25, -0.2) is 0 Å². The van der Waals surface area contributed by atoms with Crippen molar-refractivity contribution in [3.8, 4) is 22.3 Å². The minimum atomic E-state index is -0.149. The van der Waals surface area contributed by atoms with Crippen molar-refractivity contribution in [1.29, 1.82) is 0 Å². The van der Waals surface area contributed by atoms with Crippen LogP contribution in [0.3, 0.4) is 0 Å². The predicted molar refractivity (Wildman–Crippen MR) is 283 cm³/mol. The molecule has 66 heavy (non-hydrogen) atoms. The lowest BCUT2D eigenvalue weighted by atomic mass is 9.43. The fourth-order valence-corrected chi connectivity index (χ4v) is 11.7. The Balaban J connectivity index is 1.27. The third-order valence-corrected chi connectivity index (χ3v) is 15.6. The van der Waals surface area contributed by atoms with Crippen LogP contribution in [0.5, 0.6) is 0 Å². The van der Waals surface area contributed by atoms with Gasteiger partial charge in [-0.05, 0) is 133 Å². The zero-order chi connectivity index (χ0) is 45.7. The molecule has 8 aromatic carbocycles. The van der Waals surface area contributed by atoms with Gasteiger partial charge in [0.05, 0.1) is 11.4 Å². The molecular weight excluding hydrogens is 800 g/mol. The van der Waals surface area contributed by atoms with Crippen LogP contribution in [0.4, 0.5) is 28.4 Å². The molecule has 0 atom stereocenters. The quantitative estimate of drug-likeness (QED) is 0.165. The van der Waals surface area contributed by atoms with Gasteiger partial charge >= 0.3 is 6.85 Å². The predicted octanol–water partition coefficient (Wildman–Crippen LogP) is 16.1. The molecule has 0 saturated carbocycles. The lowest BCUT2D eigenvalue weighted by molar-refractivity contribution is 0.332. The highest BCUT2D eigenvalue weighted by molar-refractivity contribution is 6.94. The van der Waals surface area contributed by atoms with Crippen LogP contribution < -0.4 is 20.6 Å². The molecule has 4 heteroatoms. The van der Waals surface area contributed by atoms with Gasteiger partial charge in [0.2, 0.25) is 0 Å². The first-order chi connectivity index (χ1) is 31.5. The highest BCUT2D eigenvalue weighted by Crippen LogP contribution is 2.55. The number of hydrogen-bond acceptors (Lipinski definition) is 3. The van der Waals surface area contributed by atoms with E-state index < -0.39 is 0 Å². The summed E-state index contributed by atoms with van der Waals surface area (Å²) in [5.74, 6) is 0. The van der Waals surface area contributed by atoms with Crippen LogP contribution in [-0.2, 0) is 21.7 Å². The van der Waals surface area contributed by atoms with Gasteiger partial charge < -0.3 is 14.1 Å². The molecule has 0 unspecified atom stereocenters. The second-order valence-corrected chi connectivity index (χ2v) is 22.8. The van der Waals surface area contributed by atoms with Gasteiger partial charge in [-0.15, -0.1) is 0 Å². The molecular formula is C62H59BN2O. The zero-order valence-electron chi connectivity index (χ0n) is 40.2. The molecule has 3 nitrogen and oxygen atoms in total. The largest absolute Gasteiger partial charge is 0.456 e. The monoisotopic (exact) mass is 858 g/mol. The standard InChI is InChI=1S/C62H59BN2O/c1-59(2,3)40-24-27-42(28-25-40)65-53-36-50-49(61(7,8)30-31-62(50,9)10)34-46(53)48-32-39-20-14-15-21-43(39)58-57(48)63(65)51-35-47-44-22-16-17-23-55(44)66-56(47)37-54(51)64(58)52-29-26-41(60(4,5)6)33-45(52)38-18-12-11-13-19-38/h11-29,32-37H,30-31H2,1-10H3. The number of nitrogens with zero attached hydrogens (tertiary/aromatic N) is 2. The number of furan rings is 1. The Hall–Kier alpha value is -6.52. The Kier molecular flexibility index (Phi) is 8.69. The van der Waals surface area contributed by atoms with E-state index in [0.29, 0.717) is 0 Å². The summed E-state index contributed by atoms with van der Waals surface area (Å²) in [6.07, 6.45) is 2.31. The summed E-state index contributed by atoms with van der Waals surface area (Å²) in [6.45, 7) is 23.6. The summed E-state index contributed by atoms with van der Waals surface area (Å²) in [7, 11) is 0. The topological polar surface area (TPSA) is 19.6 Å². The van der Waals surface area contributed by atoms with Crippen molar-refractivity contribution in [2.75, 3.05) is 9.71 Å². The highest BCUT2D eigenvalue weighted by Gasteiger charge is 2.48. The molecule has 12 rings (SSSR count). The van der Waals surface area contributed by atoms with E-state index in [9.17, 15) is 0 Å². The van der Waals surface area contributed by atoms with Crippen LogP contribution in [0.25, 0.3) is 55.0 Å². The number of hydrogen-bond donors (Lipinski definition) is 0. The Bertz CT molecular complexity index is 3450. The Labute approximate surface area is 391 Å². The van der Waals surface area contributed by atoms with Crippen LogP contribution in [0, 0.1) is 0 Å². The Morgan fingerprint density at radius 1 is 0.500 bits per heavy atom. The van der Waals surface area contributed by atoms with Gasteiger partial charge in [0.1, 0.15) is 11.2 Å². The number of para-hydroxylation sites is 1. The van der Waals surface area contributed by atoms with E-state index in [1.807, 2.05) is 0 Å². The molecule has 1 aromatic heterocycles. The Morgan fingerprint density at radius 3 is 1.85 bits per heavy atom. The van der Waals surface area contributed by atoms with Crippen LogP contribution in [0.2, 0.25) is 0 Å². The maximum absolute atomic E-state index is 6.84. The van der Waals surface area contributed by atoms with Crippen LogP contribution >= 0.6 is 0 Å². The summed E-state index contributed by atoms with van der Waals surface area (Å²) < 4.78 is 6.84. The summed E-state index contributed by atoms with van der Waals surface area (Å²) >= 11 is 0. The fraction of sp³-hybridized carbons (Fsp3) is 0.258. The van der Waals surface area contributed by atoms with Crippen molar-refractivity contribution in [3.63, 3.8) is 0 Å². The van der Waals surface area contributed by atoms with Crippen LogP contribution in [0.1, 0.15) is 104 Å². The number of benzene rings is 8. The first kappa shape index (κ1) is 41.0. The number of fused-ring (bicyclic) bond motifs is 10. The smallest absolute Gasteiger partial charge is 0.333 e. The lowest BCUT2D eigenvalue weighted by Gasteiger charge is -2.48.